The van der Waals surface area contributed by atoms with Gasteiger partial charge >= 0.3 is 0 Å². The highest BCUT2D eigenvalue weighted by Gasteiger charge is 2.35. The molecule has 2 aliphatic rings. The first-order chi connectivity index (χ1) is 14.8. The van der Waals surface area contributed by atoms with Crippen LogP contribution in [0.5, 0.6) is 11.5 Å². The van der Waals surface area contributed by atoms with Gasteiger partial charge in [-0.25, -0.2) is 0 Å². The smallest absolute Gasteiger partial charge is 0.285 e. The molecule has 4 rings (SSSR count). The lowest BCUT2D eigenvalue weighted by Crippen LogP contribution is -2.43. The Morgan fingerprint density at radius 2 is 1.87 bits per heavy atom. The maximum atomic E-state index is 13.0. The fourth-order valence-corrected chi connectivity index (χ4v) is 5.28. The number of hydrogen-bond acceptors (Lipinski definition) is 6. The van der Waals surface area contributed by atoms with Crippen LogP contribution in [0.4, 0.5) is 5.69 Å². The van der Waals surface area contributed by atoms with E-state index in [1.54, 1.807) is 44.6 Å². The summed E-state index contributed by atoms with van der Waals surface area (Å²) in [5.74, 6) is 1.15. The van der Waals surface area contributed by atoms with E-state index in [2.05, 4.69) is 9.71 Å². The summed E-state index contributed by atoms with van der Waals surface area (Å²) in [6.07, 6.45) is 1.49. The second kappa shape index (κ2) is 8.22. The van der Waals surface area contributed by atoms with E-state index in [0.29, 0.717) is 41.7 Å². The van der Waals surface area contributed by atoms with Crippen molar-refractivity contribution in [3.05, 3.63) is 47.5 Å². The van der Waals surface area contributed by atoms with Gasteiger partial charge in [-0.1, -0.05) is 12.1 Å². The molecule has 9 heteroatoms. The van der Waals surface area contributed by atoms with Gasteiger partial charge in [-0.05, 0) is 43.5 Å². The average molecular weight is 444 g/mol. The zero-order valence-corrected chi connectivity index (χ0v) is 18.5. The Balaban J connectivity index is 1.53. The first kappa shape index (κ1) is 21.2. The summed E-state index contributed by atoms with van der Waals surface area (Å²) >= 11 is 0. The van der Waals surface area contributed by atoms with Crippen LogP contribution in [-0.4, -0.2) is 52.4 Å². The van der Waals surface area contributed by atoms with Crippen molar-refractivity contribution in [1.82, 2.24) is 4.90 Å². The van der Waals surface area contributed by atoms with Gasteiger partial charge in [0, 0.05) is 30.4 Å². The molecular formula is C22H25N3O5S. The largest absolute Gasteiger partial charge is 0.493 e. The monoisotopic (exact) mass is 443 g/mol. The van der Waals surface area contributed by atoms with Crippen LogP contribution in [0.25, 0.3) is 0 Å². The summed E-state index contributed by atoms with van der Waals surface area (Å²) in [6, 6.07) is 10.4. The van der Waals surface area contributed by atoms with Crippen molar-refractivity contribution in [3.8, 4) is 11.5 Å². The van der Waals surface area contributed by atoms with Crippen LogP contribution in [0, 0.1) is 12.8 Å². The summed E-state index contributed by atoms with van der Waals surface area (Å²) in [7, 11) is -0.577. The van der Waals surface area contributed by atoms with Crippen molar-refractivity contribution < 1.29 is 22.7 Å². The Kier molecular flexibility index (Phi) is 5.62. The van der Waals surface area contributed by atoms with Crippen molar-refractivity contribution in [3.63, 3.8) is 0 Å². The van der Waals surface area contributed by atoms with E-state index in [4.69, 9.17) is 9.47 Å². The van der Waals surface area contributed by atoms with Crippen molar-refractivity contribution in [2.24, 2.45) is 10.3 Å². The summed E-state index contributed by atoms with van der Waals surface area (Å²) in [4.78, 5) is 15.2. The highest BCUT2D eigenvalue weighted by atomic mass is 32.2. The molecule has 2 aromatic carbocycles. The molecule has 2 aromatic rings. The second-order valence-electron chi connectivity index (χ2n) is 7.68. The number of amides is 1. The zero-order valence-electron chi connectivity index (χ0n) is 17.7. The van der Waals surface area contributed by atoms with Gasteiger partial charge in [-0.2, -0.15) is 8.42 Å². The first-order valence-corrected chi connectivity index (χ1v) is 11.5. The third-order valence-electron chi connectivity index (χ3n) is 5.69. The van der Waals surface area contributed by atoms with E-state index in [-0.39, 0.29) is 16.7 Å². The van der Waals surface area contributed by atoms with Gasteiger partial charge in [-0.3, -0.25) is 4.79 Å². The lowest BCUT2D eigenvalue weighted by atomic mass is 9.96. The van der Waals surface area contributed by atoms with Crippen LogP contribution in [0.15, 0.2) is 45.7 Å². The molecule has 0 radical (unpaired) electrons. The third-order valence-corrected chi connectivity index (χ3v) is 7.02. The van der Waals surface area contributed by atoms with Crippen molar-refractivity contribution in [1.29, 1.82) is 0 Å². The minimum atomic E-state index is -3.69. The molecule has 0 spiro atoms. The Hall–Kier alpha value is -3.07. The predicted molar refractivity (Wildman–Crippen MR) is 117 cm³/mol. The molecule has 0 saturated carbocycles. The van der Waals surface area contributed by atoms with Gasteiger partial charge in [0.2, 0.25) is 5.91 Å². The minimum Gasteiger partial charge on any atom is -0.493 e. The van der Waals surface area contributed by atoms with E-state index >= 15 is 0 Å². The van der Waals surface area contributed by atoms with Gasteiger partial charge in [0.15, 0.2) is 17.3 Å². The lowest BCUT2D eigenvalue weighted by molar-refractivity contribution is -0.121. The molecule has 1 amide bonds. The number of rotatable bonds is 4. The van der Waals surface area contributed by atoms with Crippen LogP contribution >= 0.6 is 0 Å². The summed E-state index contributed by atoms with van der Waals surface area (Å²) in [5.41, 5.74) is 2.11. The number of carbonyl (C=O) groups is 1. The number of amidine groups is 1. The summed E-state index contributed by atoms with van der Waals surface area (Å²) in [6.45, 7) is 2.95. The number of likely N-dealkylation sites (tertiary alicyclic amines) is 1. The van der Waals surface area contributed by atoms with Crippen molar-refractivity contribution >= 4 is 27.5 Å². The number of carbonyl (C=O) groups excluding carboxylic acids is 1. The number of hydrogen-bond donors (Lipinski definition) is 1. The second-order valence-corrected chi connectivity index (χ2v) is 9.26. The number of methoxy groups -OCH3 is 2. The molecule has 0 bridgehead atoms. The predicted octanol–water partition coefficient (Wildman–Crippen LogP) is 2.81. The molecule has 0 aromatic heterocycles. The molecule has 1 unspecified atom stereocenters. The van der Waals surface area contributed by atoms with E-state index < -0.39 is 10.0 Å². The first-order valence-electron chi connectivity index (χ1n) is 10.1. The number of piperidine rings is 1. The Bertz CT molecular complexity index is 1160. The topological polar surface area (TPSA) is 97.3 Å². The Morgan fingerprint density at radius 3 is 2.61 bits per heavy atom. The number of nitrogens with zero attached hydrogens (tertiary/aromatic N) is 2. The van der Waals surface area contributed by atoms with E-state index in [1.807, 2.05) is 17.9 Å². The van der Waals surface area contributed by atoms with Crippen molar-refractivity contribution in [2.75, 3.05) is 32.6 Å². The highest BCUT2D eigenvalue weighted by molar-refractivity contribution is 7.90. The molecule has 0 aliphatic carbocycles. The molecule has 1 fully saturated rings. The normalized spacial score (nSPS) is 19.4. The number of benzene rings is 2. The molecule has 2 aliphatic heterocycles. The third kappa shape index (κ3) is 3.97. The van der Waals surface area contributed by atoms with Gasteiger partial charge in [-0.15, -0.1) is 4.40 Å². The lowest BCUT2D eigenvalue weighted by Gasteiger charge is -2.33. The van der Waals surface area contributed by atoms with Gasteiger partial charge < -0.3 is 19.7 Å². The van der Waals surface area contributed by atoms with Crippen LogP contribution in [-0.2, 0) is 14.8 Å². The highest BCUT2D eigenvalue weighted by Crippen LogP contribution is 2.34. The number of aryl methyl sites for hydroxylation is 1. The van der Waals surface area contributed by atoms with Gasteiger partial charge in [0.25, 0.3) is 10.0 Å². The van der Waals surface area contributed by atoms with Crippen molar-refractivity contribution in [2.45, 2.75) is 24.7 Å². The summed E-state index contributed by atoms with van der Waals surface area (Å²) < 4.78 is 39.4. The number of ether oxygens (including phenoxy) is 2. The molecule has 31 heavy (non-hydrogen) atoms. The number of fused-ring (bicyclic) bond motifs is 1. The van der Waals surface area contributed by atoms with Gasteiger partial charge in [0.05, 0.1) is 20.1 Å². The maximum Gasteiger partial charge on any atom is 0.285 e. The fourth-order valence-electron chi connectivity index (χ4n) is 4.05. The molecule has 164 valence electrons. The molecular weight excluding hydrogens is 418 g/mol. The molecule has 1 atom stereocenters. The van der Waals surface area contributed by atoms with E-state index in [9.17, 15) is 13.2 Å². The molecule has 1 N–H and O–H groups in total. The zero-order chi connectivity index (χ0) is 22.2. The Morgan fingerprint density at radius 1 is 1.16 bits per heavy atom. The standard InChI is InChI=1S/C22H25N3O5S/c1-14-11-18(29-2)19(30-3)12-17(14)23-22(26)15-7-6-10-25(13-15)21-16-8-4-5-9-20(16)31(27,28)24-21/h4-5,8-9,11-12,15H,6-7,10,13H2,1-3H3,(H,23,26). The van der Waals surface area contributed by atoms with E-state index in [0.717, 1.165) is 18.4 Å². The van der Waals surface area contributed by atoms with E-state index in [1.165, 1.54) is 0 Å². The number of anilines is 1. The quantitative estimate of drug-likeness (QED) is 0.781. The van der Waals surface area contributed by atoms with Crippen LogP contribution in [0.3, 0.4) is 0 Å². The Labute approximate surface area is 181 Å². The maximum absolute atomic E-state index is 13.0. The SMILES string of the molecule is COc1cc(C)c(NC(=O)C2CCCN(C3=NS(=O)(=O)c4ccccc43)C2)cc1OC. The number of sulfonamides is 1. The average Bonchev–Trinajstić information content (AvgIpc) is 3.06. The van der Waals surface area contributed by atoms with Crippen LogP contribution in [0.1, 0.15) is 24.0 Å². The van der Waals surface area contributed by atoms with Gasteiger partial charge in [0.1, 0.15) is 4.90 Å². The summed E-state index contributed by atoms with van der Waals surface area (Å²) in [5, 5.41) is 2.99. The van der Waals surface area contributed by atoms with Crippen LogP contribution in [0.2, 0.25) is 0 Å². The molecule has 1 saturated heterocycles. The minimum absolute atomic E-state index is 0.116. The number of nitrogens with one attached hydrogen (secondary N) is 1. The van der Waals surface area contributed by atoms with Crippen LogP contribution < -0.4 is 14.8 Å². The molecule has 8 nitrogen and oxygen atoms in total. The fraction of sp³-hybridized carbons (Fsp3) is 0.364. The molecule has 2 heterocycles.